The molecule has 22 heavy (non-hydrogen) atoms. The van der Waals surface area contributed by atoms with Crippen LogP contribution >= 0.6 is 0 Å². The minimum atomic E-state index is -0.366. The van der Waals surface area contributed by atoms with Gasteiger partial charge in [0.15, 0.2) is 0 Å². The molecule has 5 heteroatoms. The van der Waals surface area contributed by atoms with Gasteiger partial charge in [0.1, 0.15) is 6.61 Å². The first-order valence-corrected chi connectivity index (χ1v) is 7.92. The number of rotatable bonds is 7. The van der Waals surface area contributed by atoms with E-state index in [1.54, 1.807) is 0 Å². The topological polar surface area (TPSA) is 70.6 Å². The normalized spacial score (nSPS) is 22.0. The second-order valence-electron chi connectivity index (χ2n) is 6.27. The highest BCUT2D eigenvalue weighted by molar-refractivity contribution is 5.67. The second-order valence-corrected chi connectivity index (χ2v) is 6.27. The van der Waals surface area contributed by atoms with Crippen molar-refractivity contribution < 1.29 is 14.6 Å². The molecule has 1 aromatic rings. The SMILES string of the molecule is CC(C)C(CO)NC1CC(NC(=O)OCc2ccccc2)C1. The van der Waals surface area contributed by atoms with E-state index in [1.807, 2.05) is 30.3 Å². The monoisotopic (exact) mass is 306 g/mol. The maximum Gasteiger partial charge on any atom is 0.407 e. The third-order valence-corrected chi connectivity index (χ3v) is 4.12. The van der Waals surface area contributed by atoms with Crippen LogP contribution < -0.4 is 10.6 Å². The zero-order valence-corrected chi connectivity index (χ0v) is 13.3. The molecule has 122 valence electrons. The fourth-order valence-electron chi connectivity index (χ4n) is 2.56. The van der Waals surface area contributed by atoms with Crippen LogP contribution in [0.5, 0.6) is 0 Å². The lowest BCUT2D eigenvalue weighted by Crippen LogP contribution is -2.56. The molecule has 0 heterocycles. The van der Waals surface area contributed by atoms with Gasteiger partial charge in [-0.2, -0.15) is 0 Å². The van der Waals surface area contributed by atoms with E-state index < -0.39 is 0 Å². The van der Waals surface area contributed by atoms with E-state index in [0.717, 1.165) is 18.4 Å². The third-order valence-electron chi connectivity index (χ3n) is 4.12. The van der Waals surface area contributed by atoms with Crippen molar-refractivity contribution in [3.05, 3.63) is 35.9 Å². The van der Waals surface area contributed by atoms with Crippen LogP contribution in [0.2, 0.25) is 0 Å². The standard InChI is InChI=1S/C17H26N2O3/c1-12(2)16(10-20)18-14-8-15(9-14)19-17(21)22-11-13-6-4-3-5-7-13/h3-7,12,14-16,18,20H,8-11H2,1-2H3,(H,19,21). The maximum atomic E-state index is 11.7. The van der Waals surface area contributed by atoms with Crippen molar-refractivity contribution in [3.8, 4) is 0 Å². The van der Waals surface area contributed by atoms with Crippen molar-refractivity contribution >= 4 is 6.09 Å². The molecule has 1 atom stereocenters. The molecule has 3 N–H and O–H groups in total. The molecule has 5 nitrogen and oxygen atoms in total. The van der Waals surface area contributed by atoms with Gasteiger partial charge in [-0.05, 0) is 24.3 Å². The number of hydrogen-bond donors (Lipinski definition) is 3. The van der Waals surface area contributed by atoms with Gasteiger partial charge in [0, 0.05) is 18.1 Å². The van der Waals surface area contributed by atoms with E-state index in [1.165, 1.54) is 0 Å². The second kappa shape index (κ2) is 8.15. The number of benzene rings is 1. The highest BCUT2D eigenvalue weighted by atomic mass is 16.5. The lowest BCUT2D eigenvalue weighted by molar-refractivity contribution is 0.119. The van der Waals surface area contributed by atoms with Crippen LogP contribution in [0.1, 0.15) is 32.3 Å². The summed E-state index contributed by atoms with van der Waals surface area (Å²) in [5.41, 5.74) is 0.980. The number of hydrogen-bond acceptors (Lipinski definition) is 4. The van der Waals surface area contributed by atoms with E-state index in [-0.39, 0.29) is 24.8 Å². The van der Waals surface area contributed by atoms with E-state index in [2.05, 4.69) is 24.5 Å². The molecule has 0 radical (unpaired) electrons. The Morgan fingerprint density at radius 2 is 1.95 bits per heavy atom. The van der Waals surface area contributed by atoms with E-state index >= 15 is 0 Å². The lowest BCUT2D eigenvalue weighted by Gasteiger charge is -2.39. The number of carbonyl (C=O) groups is 1. The fourth-order valence-corrected chi connectivity index (χ4v) is 2.56. The molecule has 1 aromatic carbocycles. The summed E-state index contributed by atoms with van der Waals surface area (Å²) in [6.07, 6.45) is 1.39. The van der Waals surface area contributed by atoms with Crippen LogP contribution in [0.15, 0.2) is 30.3 Å². The minimum Gasteiger partial charge on any atom is -0.445 e. The number of alkyl carbamates (subject to hydrolysis) is 1. The first-order chi connectivity index (χ1) is 10.6. The van der Waals surface area contributed by atoms with Crippen molar-refractivity contribution in [1.29, 1.82) is 0 Å². The van der Waals surface area contributed by atoms with Gasteiger partial charge in [-0.3, -0.25) is 0 Å². The molecule has 1 saturated carbocycles. The number of amides is 1. The Labute approximate surface area is 132 Å². The van der Waals surface area contributed by atoms with Gasteiger partial charge < -0.3 is 20.5 Å². The Hall–Kier alpha value is -1.59. The average molecular weight is 306 g/mol. The van der Waals surface area contributed by atoms with Crippen LogP contribution in [-0.4, -0.2) is 35.9 Å². The van der Waals surface area contributed by atoms with Gasteiger partial charge >= 0.3 is 6.09 Å². The molecule has 1 unspecified atom stereocenters. The van der Waals surface area contributed by atoms with Crippen LogP contribution in [0.25, 0.3) is 0 Å². The van der Waals surface area contributed by atoms with Crippen LogP contribution in [0.4, 0.5) is 4.79 Å². The number of aliphatic hydroxyl groups excluding tert-OH is 1. The summed E-state index contributed by atoms with van der Waals surface area (Å²) in [6, 6.07) is 10.3. The highest BCUT2D eigenvalue weighted by Crippen LogP contribution is 2.21. The molecular weight excluding hydrogens is 280 g/mol. The van der Waals surface area contributed by atoms with Gasteiger partial charge in [0.2, 0.25) is 0 Å². The summed E-state index contributed by atoms with van der Waals surface area (Å²) in [5.74, 6) is 0.396. The molecule has 1 amide bonds. The molecule has 0 aromatic heterocycles. The molecular formula is C17H26N2O3. The quantitative estimate of drug-likeness (QED) is 0.721. The Balaban J connectivity index is 1.62. The van der Waals surface area contributed by atoms with Crippen molar-refractivity contribution in [3.63, 3.8) is 0 Å². The van der Waals surface area contributed by atoms with Crippen molar-refractivity contribution in [1.82, 2.24) is 10.6 Å². The highest BCUT2D eigenvalue weighted by Gasteiger charge is 2.32. The molecule has 0 saturated heterocycles. The van der Waals surface area contributed by atoms with Crippen molar-refractivity contribution in [2.24, 2.45) is 5.92 Å². The summed E-state index contributed by atoms with van der Waals surface area (Å²) in [5, 5.41) is 15.6. The Bertz CT molecular complexity index is 458. The van der Waals surface area contributed by atoms with Crippen LogP contribution in [0, 0.1) is 5.92 Å². The molecule has 2 rings (SSSR count). The zero-order chi connectivity index (χ0) is 15.9. The molecule has 0 bridgehead atoms. The lowest BCUT2D eigenvalue weighted by atomic mass is 9.85. The van der Waals surface area contributed by atoms with Gasteiger partial charge in [0.05, 0.1) is 6.61 Å². The van der Waals surface area contributed by atoms with Gasteiger partial charge in [-0.1, -0.05) is 44.2 Å². The molecule has 0 spiro atoms. The first kappa shape index (κ1) is 16.8. The molecule has 1 aliphatic carbocycles. The maximum absolute atomic E-state index is 11.7. The Kier molecular flexibility index (Phi) is 6.21. The van der Waals surface area contributed by atoms with Crippen LogP contribution in [0.3, 0.4) is 0 Å². The zero-order valence-electron chi connectivity index (χ0n) is 13.3. The third kappa shape index (κ3) is 5.00. The Morgan fingerprint density at radius 1 is 1.27 bits per heavy atom. The Morgan fingerprint density at radius 3 is 2.55 bits per heavy atom. The summed E-state index contributed by atoms with van der Waals surface area (Å²) < 4.78 is 5.20. The predicted molar refractivity (Wildman–Crippen MR) is 85.4 cm³/mol. The smallest absolute Gasteiger partial charge is 0.407 e. The van der Waals surface area contributed by atoms with Crippen LogP contribution in [-0.2, 0) is 11.3 Å². The number of ether oxygens (including phenoxy) is 1. The number of nitrogens with one attached hydrogen (secondary N) is 2. The van der Waals surface area contributed by atoms with Gasteiger partial charge in [0.25, 0.3) is 0 Å². The molecule has 1 aliphatic rings. The van der Waals surface area contributed by atoms with E-state index in [4.69, 9.17) is 4.74 Å². The minimum absolute atomic E-state index is 0.121. The van der Waals surface area contributed by atoms with Crippen molar-refractivity contribution in [2.45, 2.75) is 51.4 Å². The van der Waals surface area contributed by atoms with Gasteiger partial charge in [-0.15, -0.1) is 0 Å². The number of carbonyl (C=O) groups excluding carboxylic acids is 1. The number of aliphatic hydroxyl groups is 1. The average Bonchev–Trinajstić information content (AvgIpc) is 2.48. The molecule has 1 fully saturated rings. The summed E-state index contributed by atoms with van der Waals surface area (Å²) >= 11 is 0. The molecule has 0 aliphatic heterocycles. The summed E-state index contributed by atoms with van der Waals surface area (Å²) in [7, 11) is 0. The van der Waals surface area contributed by atoms with Gasteiger partial charge in [-0.25, -0.2) is 4.79 Å². The van der Waals surface area contributed by atoms with Crippen molar-refractivity contribution in [2.75, 3.05) is 6.61 Å². The first-order valence-electron chi connectivity index (χ1n) is 7.92. The van der Waals surface area contributed by atoms with E-state index in [0.29, 0.717) is 18.6 Å². The van der Waals surface area contributed by atoms with E-state index in [9.17, 15) is 9.90 Å². The predicted octanol–water partition coefficient (Wildman–Crippen LogP) is 2.05. The summed E-state index contributed by atoms with van der Waals surface area (Å²) in [4.78, 5) is 11.7. The largest absolute Gasteiger partial charge is 0.445 e. The summed E-state index contributed by atoms with van der Waals surface area (Å²) in [6.45, 7) is 4.61. The fraction of sp³-hybridized carbons (Fsp3) is 0.588.